The maximum Gasteiger partial charge on any atom is 0.365 e. The van der Waals surface area contributed by atoms with Gasteiger partial charge in [-0.05, 0) is 12.8 Å². The van der Waals surface area contributed by atoms with Gasteiger partial charge in [0.2, 0.25) is 5.82 Å². The fourth-order valence-electron chi connectivity index (χ4n) is 1.20. The number of hydrogen-bond donors (Lipinski definition) is 0. The molecule has 1 aliphatic rings. The summed E-state index contributed by atoms with van der Waals surface area (Å²) in [5, 5.41) is 6.29. The van der Waals surface area contributed by atoms with E-state index < -0.39 is 18.2 Å². The summed E-state index contributed by atoms with van der Waals surface area (Å²) in [5.41, 5.74) is 0. The Morgan fingerprint density at radius 3 is 2.57 bits per heavy atom. The SMILES string of the molecule is FC(F)C(F)(F)c1nncn1C1CC1. The number of rotatable bonds is 3. The molecule has 0 amide bonds. The van der Waals surface area contributed by atoms with Gasteiger partial charge < -0.3 is 4.57 Å². The highest BCUT2D eigenvalue weighted by Crippen LogP contribution is 2.40. The summed E-state index contributed by atoms with van der Waals surface area (Å²) >= 11 is 0. The highest BCUT2D eigenvalue weighted by atomic mass is 19.3. The van der Waals surface area contributed by atoms with Crippen molar-refractivity contribution in [2.45, 2.75) is 31.2 Å². The first-order chi connectivity index (χ1) is 6.53. The smallest absolute Gasteiger partial charge is 0.309 e. The van der Waals surface area contributed by atoms with Crippen LogP contribution in [0.25, 0.3) is 0 Å². The summed E-state index contributed by atoms with van der Waals surface area (Å²) < 4.78 is 50.8. The van der Waals surface area contributed by atoms with E-state index >= 15 is 0 Å². The lowest BCUT2D eigenvalue weighted by Gasteiger charge is -2.14. The highest BCUT2D eigenvalue weighted by molar-refractivity contribution is 5.02. The lowest BCUT2D eigenvalue weighted by Crippen LogP contribution is -2.27. The molecule has 78 valence electrons. The lowest BCUT2D eigenvalue weighted by molar-refractivity contribution is -0.143. The fraction of sp³-hybridized carbons (Fsp3) is 0.714. The topological polar surface area (TPSA) is 30.7 Å². The summed E-state index contributed by atoms with van der Waals surface area (Å²) in [6.45, 7) is 0. The van der Waals surface area contributed by atoms with E-state index in [0.29, 0.717) is 12.8 Å². The molecule has 0 aromatic carbocycles. The van der Waals surface area contributed by atoms with Gasteiger partial charge in [-0.3, -0.25) is 0 Å². The van der Waals surface area contributed by atoms with Crippen LogP contribution in [0.4, 0.5) is 17.6 Å². The summed E-state index contributed by atoms with van der Waals surface area (Å²) in [5.74, 6) is -5.14. The van der Waals surface area contributed by atoms with Crippen LogP contribution in [0.2, 0.25) is 0 Å². The van der Waals surface area contributed by atoms with Crippen LogP contribution >= 0.6 is 0 Å². The Labute approximate surface area is 76.7 Å². The van der Waals surface area contributed by atoms with Crippen molar-refractivity contribution in [2.24, 2.45) is 0 Å². The summed E-state index contributed by atoms with van der Waals surface area (Å²) in [6.07, 6.45) is -1.25. The Kier molecular flexibility index (Phi) is 1.97. The lowest BCUT2D eigenvalue weighted by atomic mass is 10.3. The third-order valence-corrected chi connectivity index (χ3v) is 2.09. The van der Waals surface area contributed by atoms with E-state index in [1.165, 1.54) is 0 Å². The monoisotopic (exact) mass is 209 g/mol. The van der Waals surface area contributed by atoms with Gasteiger partial charge in [0.25, 0.3) is 0 Å². The average molecular weight is 209 g/mol. The van der Waals surface area contributed by atoms with Gasteiger partial charge in [-0.25, -0.2) is 8.78 Å². The van der Waals surface area contributed by atoms with Crippen molar-refractivity contribution in [1.29, 1.82) is 0 Å². The normalized spacial score (nSPS) is 17.8. The molecular weight excluding hydrogens is 202 g/mol. The molecular formula is C7H7F4N3. The van der Waals surface area contributed by atoms with Crippen LogP contribution in [0.3, 0.4) is 0 Å². The number of aromatic nitrogens is 3. The fourth-order valence-corrected chi connectivity index (χ4v) is 1.20. The van der Waals surface area contributed by atoms with Gasteiger partial charge in [0.1, 0.15) is 6.33 Å². The molecule has 0 bridgehead atoms. The Bertz CT molecular complexity index is 331. The van der Waals surface area contributed by atoms with Gasteiger partial charge in [0, 0.05) is 6.04 Å². The minimum atomic E-state index is -4.21. The highest BCUT2D eigenvalue weighted by Gasteiger charge is 2.48. The quantitative estimate of drug-likeness (QED) is 0.712. The van der Waals surface area contributed by atoms with Crippen LogP contribution in [0.5, 0.6) is 0 Å². The van der Waals surface area contributed by atoms with E-state index in [9.17, 15) is 17.6 Å². The standard InChI is InChI=1S/C7H7F4N3/c8-5(9)7(10,11)6-13-12-3-14(6)4-1-2-4/h3-5H,1-2H2. The predicted octanol–water partition coefficient (Wildman–Crippen LogP) is 1.97. The second-order valence-corrected chi connectivity index (χ2v) is 3.22. The van der Waals surface area contributed by atoms with Crippen LogP contribution in [0.1, 0.15) is 24.7 Å². The van der Waals surface area contributed by atoms with E-state index in [-0.39, 0.29) is 6.04 Å². The first kappa shape index (κ1) is 9.42. The molecule has 1 fully saturated rings. The van der Waals surface area contributed by atoms with Gasteiger partial charge in [-0.2, -0.15) is 8.78 Å². The van der Waals surface area contributed by atoms with Gasteiger partial charge in [-0.15, -0.1) is 10.2 Å². The Balaban J connectivity index is 2.34. The Morgan fingerprint density at radius 2 is 2.07 bits per heavy atom. The van der Waals surface area contributed by atoms with Crippen molar-refractivity contribution in [3.05, 3.63) is 12.2 Å². The number of nitrogens with zero attached hydrogens (tertiary/aromatic N) is 3. The molecule has 0 atom stereocenters. The number of alkyl halides is 4. The zero-order valence-corrected chi connectivity index (χ0v) is 7.00. The minimum Gasteiger partial charge on any atom is -0.309 e. The van der Waals surface area contributed by atoms with E-state index in [2.05, 4.69) is 10.2 Å². The molecule has 14 heavy (non-hydrogen) atoms. The number of hydrogen-bond acceptors (Lipinski definition) is 2. The van der Waals surface area contributed by atoms with Gasteiger partial charge in [0.15, 0.2) is 0 Å². The van der Waals surface area contributed by atoms with E-state index in [0.717, 1.165) is 10.9 Å². The first-order valence-corrected chi connectivity index (χ1v) is 4.09. The molecule has 0 radical (unpaired) electrons. The van der Waals surface area contributed by atoms with Crippen molar-refractivity contribution in [2.75, 3.05) is 0 Å². The summed E-state index contributed by atoms with van der Waals surface area (Å²) in [4.78, 5) is 0. The minimum absolute atomic E-state index is 0.135. The van der Waals surface area contributed by atoms with Crippen LogP contribution < -0.4 is 0 Å². The molecule has 1 saturated carbocycles. The second kappa shape index (κ2) is 2.93. The van der Waals surface area contributed by atoms with Gasteiger partial charge >= 0.3 is 12.3 Å². The van der Waals surface area contributed by atoms with Gasteiger partial charge in [0.05, 0.1) is 0 Å². The van der Waals surface area contributed by atoms with Crippen LogP contribution in [0, 0.1) is 0 Å². The largest absolute Gasteiger partial charge is 0.365 e. The maximum atomic E-state index is 12.9. The third kappa shape index (κ3) is 1.36. The zero-order chi connectivity index (χ0) is 10.3. The molecule has 0 unspecified atom stereocenters. The van der Waals surface area contributed by atoms with Crippen LogP contribution in [0.15, 0.2) is 6.33 Å². The molecule has 0 aliphatic heterocycles. The maximum absolute atomic E-state index is 12.9. The van der Waals surface area contributed by atoms with Crippen LogP contribution in [-0.2, 0) is 5.92 Å². The second-order valence-electron chi connectivity index (χ2n) is 3.22. The molecule has 7 heteroatoms. The van der Waals surface area contributed by atoms with E-state index in [1.54, 1.807) is 0 Å². The van der Waals surface area contributed by atoms with E-state index in [1.807, 2.05) is 0 Å². The van der Waals surface area contributed by atoms with E-state index in [4.69, 9.17) is 0 Å². The van der Waals surface area contributed by atoms with Gasteiger partial charge in [-0.1, -0.05) is 0 Å². The molecule has 1 aliphatic carbocycles. The Morgan fingerprint density at radius 1 is 1.43 bits per heavy atom. The molecule has 1 aromatic rings. The third-order valence-electron chi connectivity index (χ3n) is 2.09. The predicted molar refractivity (Wildman–Crippen MR) is 38.2 cm³/mol. The van der Waals surface area contributed by atoms with Crippen molar-refractivity contribution >= 4 is 0 Å². The molecule has 0 spiro atoms. The molecule has 1 aromatic heterocycles. The number of halogens is 4. The first-order valence-electron chi connectivity index (χ1n) is 4.09. The summed E-state index contributed by atoms with van der Waals surface area (Å²) in [7, 11) is 0. The molecule has 2 rings (SSSR count). The molecule has 0 N–H and O–H groups in total. The molecule has 1 heterocycles. The van der Waals surface area contributed by atoms with Crippen molar-refractivity contribution in [1.82, 2.24) is 14.8 Å². The Hall–Kier alpha value is -1.14. The van der Waals surface area contributed by atoms with Crippen molar-refractivity contribution < 1.29 is 17.6 Å². The van der Waals surface area contributed by atoms with Crippen molar-refractivity contribution in [3.8, 4) is 0 Å². The average Bonchev–Trinajstić information content (AvgIpc) is 2.83. The molecule has 3 nitrogen and oxygen atoms in total. The summed E-state index contributed by atoms with van der Waals surface area (Å²) in [6, 6.07) is -0.135. The molecule has 0 saturated heterocycles. The van der Waals surface area contributed by atoms with Crippen LogP contribution in [-0.4, -0.2) is 21.2 Å². The van der Waals surface area contributed by atoms with Crippen molar-refractivity contribution in [3.63, 3.8) is 0 Å². The zero-order valence-electron chi connectivity index (χ0n) is 7.00.